The molecule has 34 heavy (non-hydrogen) atoms. The summed E-state index contributed by atoms with van der Waals surface area (Å²) in [5.41, 5.74) is 0.979. The number of ether oxygens (including phenoxy) is 1. The molecule has 2 aliphatic heterocycles. The molecule has 6 rings (SSSR count). The molecule has 0 amide bonds. The second-order valence-electron chi connectivity index (χ2n) is 9.11. The summed E-state index contributed by atoms with van der Waals surface area (Å²) < 4.78 is 6.89. The van der Waals surface area contributed by atoms with Gasteiger partial charge in [-0.15, -0.1) is 0 Å². The molecule has 2 aliphatic rings. The highest BCUT2D eigenvalue weighted by atomic mass is 16.6. The fourth-order valence-corrected chi connectivity index (χ4v) is 5.40. The minimum Gasteiger partial charge on any atom is -0.458 e. The fraction of sp³-hybridized carbons (Fsp3) is 0.179. The van der Waals surface area contributed by atoms with Gasteiger partial charge in [-0.1, -0.05) is 54.5 Å². The molecule has 4 aromatic rings. The molecule has 0 N–H and O–H groups in total. The third-order valence-electron chi connectivity index (χ3n) is 7.01. The molecule has 0 aromatic heterocycles. The number of hydrogen-bond acceptors (Lipinski definition) is 5. The lowest BCUT2D eigenvalue weighted by atomic mass is 9.75. The Labute approximate surface area is 196 Å². The van der Waals surface area contributed by atoms with Gasteiger partial charge < -0.3 is 4.74 Å². The number of nitro benzene ring substituents is 1. The Hall–Kier alpha value is -4.37. The average Bonchev–Trinajstić information content (AvgIpc) is 3.02. The largest absolute Gasteiger partial charge is 0.458 e. The first-order valence-corrected chi connectivity index (χ1v) is 11.1. The molecule has 1 atom stereocenters. The highest BCUT2D eigenvalue weighted by molar-refractivity contribution is 6.04. The first-order valence-electron chi connectivity index (χ1n) is 11.1. The van der Waals surface area contributed by atoms with Crippen molar-refractivity contribution in [2.24, 2.45) is 4.99 Å². The van der Waals surface area contributed by atoms with E-state index in [9.17, 15) is 10.1 Å². The van der Waals surface area contributed by atoms with Gasteiger partial charge in [0.1, 0.15) is 5.69 Å². The van der Waals surface area contributed by atoms with Crippen LogP contribution in [0.4, 0.5) is 17.1 Å². The van der Waals surface area contributed by atoms with Crippen LogP contribution in [0.25, 0.3) is 21.5 Å². The van der Waals surface area contributed by atoms with E-state index in [2.05, 4.69) is 50.1 Å². The molecule has 1 spiro atoms. The van der Waals surface area contributed by atoms with Crippen LogP contribution in [0.5, 0.6) is 5.75 Å². The van der Waals surface area contributed by atoms with E-state index in [0.29, 0.717) is 22.2 Å². The summed E-state index contributed by atoms with van der Waals surface area (Å²) in [6.07, 6.45) is 1.76. The summed E-state index contributed by atoms with van der Waals surface area (Å²) in [7, 11) is 0. The predicted molar refractivity (Wildman–Crippen MR) is 135 cm³/mol. The Kier molecular flexibility index (Phi) is 4.06. The highest BCUT2D eigenvalue weighted by Gasteiger charge is 2.60. The first kappa shape index (κ1) is 20.3. The minimum atomic E-state index is -1.03. The van der Waals surface area contributed by atoms with Gasteiger partial charge in [0.05, 0.1) is 27.6 Å². The van der Waals surface area contributed by atoms with Crippen molar-refractivity contribution >= 4 is 44.8 Å². The van der Waals surface area contributed by atoms with Crippen molar-refractivity contribution in [2.75, 3.05) is 4.90 Å². The van der Waals surface area contributed by atoms with Crippen LogP contribution in [0.1, 0.15) is 26.3 Å². The summed E-state index contributed by atoms with van der Waals surface area (Å²) in [6, 6.07) is 24.4. The van der Waals surface area contributed by atoms with E-state index in [0.717, 1.165) is 22.0 Å². The minimum absolute atomic E-state index is 0.0104. The number of nitrogens with zero attached hydrogens (tertiary/aromatic N) is 3. The number of nitro groups is 1. The zero-order valence-corrected chi connectivity index (χ0v) is 19.0. The molecule has 0 radical (unpaired) electrons. The second-order valence-corrected chi connectivity index (χ2v) is 9.11. The molecular formula is C28H21N3O3. The summed E-state index contributed by atoms with van der Waals surface area (Å²) in [5.74, 6) is 3.56. The lowest BCUT2D eigenvalue weighted by Gasteiger charge is -2.44. The van der Waals surface area contributed by atoms with Crippen molar-refractivity contribution in [2.45, 2.75) is 31.9 Å². The summed E-state index contributed by atoms with van der Waals surface area (Å²) in [5, 5.41) is 15.2. The van der Waals surface area contributed by atoms with Gasteiger partial charge in [0, 0.05) is 17.5 Å². The van der Waals surface area contributed by atoms with E-state index in [4.69, 9.17) is 9.73 Å². The van der Waals surface area contributed by atoms with E-state index in [1.54, 1.807) is 25.3 Å². The SMILES string of the molecule is CC#CN1c2ccc3ccccc3c2C(C)(C)C12C=Nc1cc([N+](=O)[O-])c3ccccc3c1O2. The quantitative estimate of drug-likeness (QED) is 0.190. The van der Waals surface area contributed by atoms with Crippen molar-refractivity contribution in [1.82, 2.24) is 0 Å². The Bertz CT molecular complexity index is 1630. The Balaban J connectivity index is 1.65. The van der Waals surface area contributed by atoms with Gasteiger partial charge in [0.2, 0.25) is 5.72 Å². The molecule has 6 nitrogen and oxygen atoms in total. The normalized spacial score (nSPS) is 19.4. The van der Waals surface area contributed by atoms with Crippen molar-refractivity contribution in [3.8, 4) is 17.7 Å². The number of rotatable bonds is 1. The topological polar surface area (TPSA) is 68.0 Å². The van der Waals surface area contributed by atoms with Crippen LogP contribution >= 0.6 is 0 Å². The van der Waals surface area contributed by atoms with Crippen molar-refractivity contribution in [3.05, 3.63) is 82.4 Å². The molecule has 2 heterocycles. The number of hydrogen-bond donors (Lipinski definition) is 0. The van der Waals surface area contributed by atoms with Gasteiger partial charge in [0.25, 0.3) is 5.69 Å². The molecule has 0 saturated heterocycles. The van der Waals surface area contributed by atoms with Crippen LogP contribution in [0.3, 0.4) is 0 Å². The van der Waals surface area contributed by atoms with E-state index >= 15 is 0 Å². The standard InChI is InChI=1S/C28H21N3O3/c1-4-15-30-23-14-13-18-9-5-6-10-19(18)25(23)27(2,3)28(30)17-29-22-16-24(31(32)33)20-11-7-8-12-21(20)26(22)34-28/h5-14,16-17H,1-3H3. The van der Waals surface area contributed by atoms with Crippen LogP contribution in [0, 0.1) is 22.1 Å². The molecular weight excluding hydrogens is 426 g/mol. The van der Waals surface area contributed by atoms with Gasteiger partial charge in [-0.05, 0) is 49.2 Å². The number of aliphatic imine (C=N–C) groups is 1. The predicted octanol–water partition coefficient (Wildman–Crippen LogP) is 6.47. The lowest BCUT2D eigenvalue weighted by molar-refractivity contribution is -0.383. The van der Waals surface area contributed by atoms with E-state index in [1.807, 2.05) is 29.2 Å². The molecule has 4 aromatic carbocycles. The zero-order valence-electron chi connectivity index (χ0n) is 19.0. The molecule has 166 valence electrons. The number of benzene rings is 4. The smallest absolute Gasteiger partial charge is 0.279 e. The van der Waals surface area contributed by atoms with Gasteiger partial charge >= 0.3 is 0 Å². The first-order chi connectivity index (χ1) is 16.4. The maximum Gasteiger partial charge on any atom is 0.279 e. The molecule has 0 bridgehead atoms. The molecule has 6 heteroatoms. The number of fused-ring (bicyclic) bond motifs is 6. The summed E-state index contributed by atoms with van der Waals surface area (Å²) in [6.45, 7) is 6.08. The maximum absolute atomic E-state index is 11.8. The maximum atomic E-state index is 11.8. The zero-order chi connectivity index (χ0) is 23.7. The van der Waals surface area contributed by atoms with E-state index in [1.165, 1.54) is 6.07 Å². The number of anilines is 1. The van der Waals surface area contributed by atoms with Gasteiger partial charge in [-0.2, -0.15) is 0 Å². The summed E-state index contributed by atoms with van der Waals surface area (Å²) in [4.78, 5) is 18.1. The van der Waals surface area contributed by atoms with Crippen molar-refractivity contribution in [1.29, 1.82) is 0 Å². The number of non-ortho nitro benzene ring substituents is 1. The van der Waals surface area contributed by atoms with Gasteiger partial charge in [-0.3, -0.25) is 20.0 Å². The molecule has 0 saturated carbocycles. The van der Waals surface area contributed by atoms with Crippen molar-refractivity contribution < 1.29 is 9.66 Å². The third kappa shape index (κ3) is 2.44. The third-order valence-corrected chi connectivity index (χ3v) is 7.01. The van der Waals surface area contributed by atoms with Crippen LogP contribution in [-0.4, -0.2) is 16.9 Å². The summed E-state index contributed by atoms with van der Waals surface area (Å²) >= 11 is 0. The van der Waals surface area contributed by atoms with Crippen LogP contribution < -0.4 is 9.64 Å². The molecule has 1 unspecified atom stereocenters. The lowest BCUT2D eigenvalue weighted by Crippen LogP contribution is -2.60. The monoisotopic (exact) mass is 447 g/mol. The second kappa shape index (κ2) is 6.82. The van der Waals surface area contributed by atoms with Crippen LogP contribution in [0.2, 0.25) is 0 Å². The van der Waals surface area contributed by atoms with E-state index in [-0.39, 0.29) is 10.6 Å². The highest BCUT2D eigenvalue weighted by Crippen LogP contribution is 2.57. The average molecular weight is 447 g/mol. The van der Waals surface area contributed by atoms with E-state index < -0.39 is 11.1 Å². The van der Waals surface area contributed by atoms with Crippen LogP contribution in [0.15, 0.2) is 71.7 Å². The van der Waals surface area contributed by atoms with Gasteiger partial charge in [-0.25, -0.2) is 0 Å². The Morgan fingerprint density at radius 2 is 1.71 bits per heavy atom. The molecule has 0 aliphatic carbocycles. The van der Waals surface area contributed by atoms with Crippen LogP contribution in [-0.2, 0) is 5.41 Å². The fourth-order valence-electron chi connectivity index (χ4n) is 5.40. The Morgan fingerprint density at radius 1 is 1.00 bits per heavy atom. The molecule has 0 fully saturated rings. The van der Waals surface area contributed by atoms with Crippen molar-refractivity contribution in [3.63, 3.8) is 0 Å². The van der Waals surface area contributed by atoms with Gasteiger partial charge in [0.15, 0.2) is 5.75 Å². The Morgan fingerprint density at radius 3 is 2.44 bits per heavy atom.